The Labute approximate surface area is 128 Å². The Hall–Kier alpha value is -0.850. The molecule has 0 aliphatic carbocycles. The SMILES string of the molecule is CN=C(NCCCCCOC)NCCCOC1CCOC1. The molecule has 1 fully saturated rings. The maximum atomic E-state index is 5.72. The van der Waals surface area contributed by atoms with Crippen molar-refractivity contribution in [1.82, 2.24) is 10.6 Å². The fourth-order valence-corrected chi connectivity index (χ4v) is 2.15. The lowest BCUT2D eigenvalue weighted by Gasteiger charge is -2.13. The number of unbranched alkanes of at least 4 members (excludes halogenated alkanes) is 2. The van der Waals surface area contributed by atoms with Gasteiger partial charge >= 0.3 is 0 Å². The van der Waals surface area contributed by atoms with Gasteiger partial charge in [0, 0.05) is 47.1 Å². The number of methoxy groups -OCH3 is 1. The first-order valence-electron chi connectivity index (χ1n) is 7.99. The van der Waals surface area contributed by atoms with E-state index in [9.17, 15) is 0 Å². The van der Waals surface area contributed by atoms with E-state index in [1.54, 1.807) is 14.2 Å². The first-order valence-corrected chi connectivity index (χ1v) is 7.99. The molecule has 0 bridgehead atoms. The molecule has 1 aliphatic rings. The van der Waals surface area contributed by atoms with E-state index in [4.69, 9.17) is 14.2 Å². The van der Waals surface area contributed by atoms with Crippen LogP contribution in [0.1, 0.15) is 32.1 Å². The Bertz CT molecular complexity index is 269. The van der Waals surface area contributed by atoms with Crippen molar-refractivity contribution in [2.45, 2.75) is 38.2 Å². The average Bonchev–Trinajstić information content (AvgIpc) is 3.01. The van der Waals surface area contributed by atoms with Gasteiger partial charge in [0.2, 0.25) is 0 Å². The van der Waals surface area contributed by atoms with E-state index in [0.29, 0.717) is 6.10 Å². The van der Waals surface area contributed by atoms with Crippen LogP contribution in [-0.4, -0.2) is 65.7 Å². The van der Waals surface area contributed by atoms with Gasteiger partial charge in [0.25, 0.3) is 0 Å². The van der Waals surface area contributed by atoms with E-state index in [1.807, 2.05) is 0 Å². The quantitative estimate of drug-likeness (QED) is 0.341. The van der Waals surface area contributed by atoms with E-state index in [1.165, 1.54) is 6.42 Å². The zero-order valence-corrected chi connectivity index (χ0v) is 13.5. The minimum atomic E-state index is 0.300. The van der Waals surface area contributed by atoms with E-state index in [2.05, 4.69) is 15.6 Å². The summed E-state index contributed by atoms with van der Waals surface area (Å²) in [7, 11) is 3.54. The first-order chi connectivity index (χ1) is 10.4. The summed E-state index contributed by atoms with van der Waals surface area (Å²) >= 11 is 0. The fraction of sp³-hybridized carbons (Fsp3) is 0.933. The van der Waals surface area contributed by atoms with Crippen LogP contribution in [0.5, 0.6) is 0 Å². The molecule has 1 atom stereocenters. The van der Waals surface area contributed by atoms with Crippen LogP contribution >= 0.6 is 0 Å². The van der Waals surface area contributed by atoms with Gasteiger partial charge in [-0.05, 0) is 32.1 Å². The highest BCUT2D eigenvalue weighted by atomic mass is 16.5. The number of nitrogens with one attached hydrogen (secondary N) is 2. The van der Waals surface area contributed by atoms with Crippen molar-refractivity contribution in [3.63, 3.8) is 0 Å². The molecule has 1 heterocycles. The molecule has 0 spiro atoms. The minimum Gasteiger partial charge on any atom is -0.385 e. The Morgan fingerprint density at radius 1 is 1.14 bits per heavy atom. The number of hydrogen-bond donors (Lipinski definition) is 2. The molecule has 6 nitrogen and oxygen atoms in total. The van der Waals surface area contributed by atoms with Gasteiger partial charge in [-0.15, -0.1) is 0 Å². The summed E-state index contributed by atoms with van der Waals surface area (Å²) in [5, 5.41) is 6.62. The second-order valence-corrected chi connectivity index (χ2v) is 5.19. The third kappa shape index (κ3) is 9.66. The van der Waals surface area contributed by atoms with Crippen molar-refractivity contribution in [3.8, 4) is 0 Å². The van der Waals surface area contributed by atoms with Gasteiger partial charge in [0.1, 0.15) is 0 Å². The molecule has 21 heavy (non-hydrogen) atoms. The van der Waals surface area contributed by atoms with Crippen molar-refractivity contribution in [2.24, 2.45) is 4.99 Å². The van der Waals surface area contributed by atoms with Crippen molar-refractivity contribution in [2.75, 3.05) is 53.7 Å². The lowest BCUT2D eigenvalue weighted by atomic mass is 10.2. The molecule has 124 valence electrons. The molecule has 0 radical (unpaired) electrons. The molecule has 1 aliphatic heterocycles. The highest BCUT2D eigenvalue weighted by molar-refractivity contribution is 5.79. The topological polar surface area (TPSA) is 64.1 Å². The van der Waals surface area contributed by atoms with Gasteiger partial charge in [-0.25, -0.2) is 0 Å². The standard InChI is InChI=1S/C15H31N3O3/c1-16-15(17-8-4-3-5-10-19-2)18-9-6-11-21-14-7-12-20-13-14/h14H,3-13H2,1-2H3,(H2,16,17,18). The molecule has 1 rings (SSSR count). The third-order valence-electron chi connectivity index (χ3n) is 3.40. The van der Waals surface area contributed by atoms with E-state index in [-0.39, 0.29) is 0 Å². The number of rotatable bonds is 11. The summed E-state index contributed by atoms with van der Waals surface area (Å²) in [4.78, 5) is 4.21. The van der Waals surface area contributed by atoms with Gasteiger partial charge in [-0.3, -0.25) is 4.99 Å². The third-order valence-corrected chi connectivity index (χ3v) is 3.40. The van der Waals surface area contributed by atoms with Crippen LogP contribution in [0.4, 0.5) is 0 Å². The lowest BCUT2D eigenvalue weighted by Crippen LogP contribution is -2.38. The van der Waals surface area contributed by atoms with Crippen LogP contribution in [0.25, 0.3) is 0 Å². The van der Waals surface area contributed by atoms with E-state index < -0.39 is 0 Å². The maximum Gasteiger partial charge on any atom is 0.190 e. The van der Waals surface area contributed by atoms with Crippen LogP contribution in [0, 0.1) is 0 Å². The number of guanidine groups is 1. The van der Waals surface area contributed by atoms with Gasteiger partial charge < -0.3 is 24.8 Å². The molecule has 0 aromatic rings. The number of aliphatic imine (C=N–C) groups is 1. The number of ether oxygens (including phenoxy) is 3. The Morgan fingerprint density at radius 3 is 2.62 bits per heavy atom. The molecular formula is C15H31N3O3. The largest absolute Gasteiger partial charge is 0.385 e. The van der Waals surface area contributed by atoms with Gasteiger partial charge in [-0.2, -0.15) is 0 Å². The maximum absolute atomic E-state index is 5.72. The normalized spacial score (nSPS) is 19.0. The number of hydrogen-bond acceptors (Lipinski definition) is 4. The van der Waals surface area contributed by atoms with Crippen LogP contribution in [0.3, 0.4) is 0 Å². The smallest absolute Gasteiger partial charge is 0.190 e. The fourth-order valence-electron chi connectivity index (χ4n) is 2.15. The molecule has 0 saturated carbocycles. The molecule has 0 aromatic carbocycles. The molecule has 0 amide bonds. The van der Waals surface area contributed by atoms with E-state index >= 15 is 0 Å². The zero-order chi connectivity index (χ0) is 15.2. The van der Waals surface area contributed by atoms with Crippen molar-refractivity contribution >= 4 is 5.96 Å². The molecular weight excluding hydrogens is 270 g/mol. The highest BCUT2D eigenvalue weighted by Gasteiger charge is 2.15. The lowest BCUT2D eigenvalue weighted by molar-refractivity contribution is 0.0420. The summed E-state index contributed by atoms with van der Waals surface area (Å²) in [6.45, 7) is 5.02. The second kappa shape index (κ2) is 12.9. The Morgan fingerprint density at radius 2 is 1.95 bits per heavy atom. The Balaban J connectivity index is 1.90. The Kier molecular flexibility index (Phi) is 11.1. The van der Waals surface area contributed by atoms with E-state index in [0.717, 1.165) is 71.2 Å². The highest BCUT2D eigenvalue weighted by Crippen LogP contribution is 2.07. The predicted octanol–water partition coefficient (Wildman–Crippen LogP) is 1.16. The van der Waals surface area contributed by atoms with Crippen LogP contribution in [0.2, 0.25) is 0 Å². The van der Waals surface area contributed by atoms with Crippen molar-refractivity contribution in [3.05, 3.63) is 0 Å². The summed E-state index contributed by atoms with van der Waals surface area (Å²) in [6, 6.07) is 0. The molecule has 0 aromatic heterocycles. The van der Waals surface area contributed by atoms with Crippen LogP contribution in [0.15, 0.2) is 4.99 Å². The van der Waals surface area contributed by atoms with Gasteiger partial charge in [0.15, 0.2) is 5.96 Å². The summed E-state index contributed by atoms with van der Waals surface area (Å²) in [6.07, 6.45) is 5.73. The van der Waals surface area contributed by atoms with Crippen molar-refractivity contribution in [1.29, 1.82) is 0 Å². The van der Waals surface area contributed by atoms with Crippen LogP contribution in [-0.2, 0) is 14.2 Å². The summed E-state index contributed by atoms with van der Waals surface area (Å²) < 4.78 is 16.0. The monoisotopic (exact) mass is 301 g/mol. The predicted molar refractivity (Wildman–Crippen MR) is 84.9 cm³/mol. The number of nitrogens with zero attached hydrogens (tertiary/aromatic N) is 1. The average molecular weight is 301 g/mol. The minimum absolute atomic E-state index is 0.300. The van der Waals surface area contributed by atoms with Gasteiger partial charge in [-0.1, -0.05) is 0 Å². The molecule has 1 unspecified atom stereocenters. The zero-order valence-electron chi connectivity index (χ0n) is 13.5. The summed E-state index contributed by atoms with van der Waals surface area (Å²) in [5.41, 5.74) is 0. The van der Waals surface area contributed by atoms with Crippen molar-refractivity contribution < 1.29 is 14.2 Å². The van der Waals surface area contributed by atoms with Crippen LogP contribution < -0.4 is 10.6 Å². The molecule has 1 saturated heterocycles. The molecule has 6 heteroatoms. The summed E-state index contributed by atoms with van der Waals surface area (Å²) in [5.74, 6) is 0.867. The molecule has 2 N–H and O–H groups in total. The second-order valence-electron chi connectivity index (χ2n) is 5.19. The first kappa shape index (κ1) is 18.2. The van der Waals surface area contributed by atoms with Gasteiger partial charge in [0.05, 0.1) is 12.7 Å².